The number of benzene rings is 1. The van der Waals surface area contributed by atoms with Crippen molar-refractivity contribution in [1.29, 1.82) is 0 Å². The molecule has 1 rings (SSSR count). The summed E-state index contributed by atoms with van der Waals surface area (Å²) in [6.45, 7) is 19.3. The van der Waals surface area contributed by atoms with Gasteiger partial charge in [-0.1, -0.05) is 80.5 Å². The SMILES string of the molecule is CC.CC.CCc1cc(C(C)C)cc(C(C)C)c1. The van der Waals surface area contributed by atoms with Crippen molar-refractivity contribution in [3.63, 3.8) is 0 Å². The Balaban J connectivity index is 0. The molecule has 0 amide bonds. The second kappa shape index (κ2) is 11.3. The molecule has 0 aliphatic heterocycles. The fourth-order valence-corrected chi connectivity index (χ4v) is 1.62. The highest BCUT2D eigenvalue weighted by Gasteiger charge is 2.05. The highest BCUT2D eigenvalue weighted by atomic mass is 14.1. The van der Waals surface area contributed by atoms with Crippen molar-refractivity contribution >= 4 is 0 Å². The lowest BCUT2D eigenvalue weighted by molar-refractivity contribution is 0.827. The maximum atomic E-state index is 2.36. The third kappa shape index (κ3) is 6.83. The molecule has 0 N–H and O–H groups in total. The maximum absolute atomic E-state index is 2.36. The standard InChI is InChI=1S/C14H22.2C2H6/c1-6-12-7-13(10(2)3)9-14(8-12)11(4)5;2*1-2/h7-11H,6H2,1-5H3;2*1-2H3. The molecule has 0 unspecified atom stereocenters. The van der Waals surface area contributed by atoms with Crippen molar-refractivity contribution in [2.75, 3.05) is 0 Å². The van der Waals surface area contributed by atoms with E-state index in [1.807, 2.05) is 27.7 Å². The third-order valence-corrected chi connectivity index (χ3v) is 2.78. The largest absolute Gasteiger partial charge is 0.0683 e. The molecule has 0 fully saturated rings. The Kier molecular flexibility index (Phi) is 12.3. The predicted molar refractivity (Wildman–Crippen MR) is 86.7 cm³/mol. The van der Waals surface area contributed by atoms with E-state index < -0.39 is 0 Å². The summed E-state index contributed by atoms with van der Waals surface area (Å²) in [6, 6.07) is 7.04. The second-order valence-electron chi connectivity index (χ2n) is 4.67. The van der Waals surface area contributed by atoms with E-state index in [1.54, 1.807) is 0 Å². The van der Waals surface area contributed by atoms with E-state index in [4.69, 9.17) is 0 Å². The van der Waals surface area contributed by atoms with E-state index in [0.29, 0.717) is 11.8 Å². The summed E-state index contributed by atoms with van der Waals surface area (Å²) in [7, 11) is 0. The highest BCUT2D eigenvalue weighted by Crippen LogP contribution is 2.23. The zero-order chi connectivity index (χ0) is 14.7. The predicted octanol–water partition coefficient (Wildman–Crippen LogP) is 6.55. The molecule has 0 aliphatic carbocycles. The lowest BCUT2D eigenvalue weighted by Crippen LogP contribution is -1.96. The van der Waals surface area contributed by atoms with Gasteiger partial charge in [0.2, 0.25) is 0 Å². The molecule has 0 radical (unpaired) electrons. The van der Waals surface area contributed by atoms with Crippen LogP contribution in [-0.2, 0) is 6.42 Å². The summed E-state index contributed by atoms with van der Waals surface area (Å²) in [5, 5.41) is 0. The molecule has 0 atom stereocenters. The van der Waals surface area contributed by atoms with E-state index in [9.17, 15) is 0 Å². The molecule has 0 heteroatoms. The van der Waals surface area contributed by atoms with Gasteiger partial charge in [0.15, 0.2) is 0 Å². The van der Waals surface area contributed by atoms with E-state index in [2.05, 4.69) is 52.8 Å². The van der Waals surface area contributed by atoms with Crippen LogP contribution in [0.2, 0.25) is 0 Å². The van der Waals surface area contributed by atoms with Gasteiger partial charge in [0.1, 0.15) is 0 Å². The molecule has 0 heterocycles. The van der Waals surface area contributed by atoms with E-state index in [0.717, 1.165) is 6.42 Å². The topological polar surface area (TPSA) is 0 Å². The van der Waals surface area contributed by atoms with Gasteiger partial charge >= 0.3 is 0 Å². The zero-order valence-electron chi connectivity index (χ0n) is 14.1. The van der Waals surface area contributed by atoms with Gasteiger partial charge in [-0.2, -0.15) is 0 Å². The lowest BCUT2D eigenvalue weighted by atomic mass is 9.92. The Morgan fingerprint density at radius 2 is 1.06 bits per heavy atom. The molecule has 106 valence electrons. The summed E-state index contributed by atoms with van der Waals surface area (Å²) in [6.07, 6.45) is 1.14. The molecule has 18 heavy (non-hydrogen) atoms. The van der Waals surface area contributed by atoms with E-state index >= 15 is 0 Å². The molecule has 0 nitrogen and oxygen atoms in total. The Morgan fingerprint density at radius 3 is 1.28 bits per heavy atom. The molecule has 0 saturated heterocycles. The quantitative estimate of drug-likeness (QED) is 0.570. The fraction of sp³-hybridized carbons (Fsp3) is 0.667. The Hall–Kier alpha value is -0.780. The monoisotopic (exact) mass is 250 g/mol. The van der Waals surface area contributed by atoms with E-state index in [-0.39, 0.29) is 0 Å². The van der Waals surface area contributed by atoms with Crippen LogP contribution < -0.4 is 0 Å². The van der Waals surface area contributed by atoms with E-state index in [1.165, 1.54) is 16.7 Å². The molecule has 0 aromatic heterocycles. The van der Waals surface area contributed by atoms with Crippen LogP contribution in [0.4, 0.5) is 0 Å². The molecule has 1 aromatic rings. The number of rotatable bonds is 3. The Labute approximate surface area is 116 Å². The van der Waals surface area contributed by atoms with Crippen molar-refractivity contribution in [3.05, 3.63) is 34.9 Å². The molecule has 0 bridgehead atoms. The fourth-order valence-electron chi connectivity index (χ4n) is 1.62. The number of hydrogen-bond acceptors (Lipinski definition) is 0. The summed E-state index contributed by atoms with van der Waals surface area (Å²) in [5.74, 6) is 1.28. The minimum absolute atomic E-state index is 0.638. The van der Waals surface area contributed by atoms with Crippen molar-refractivity contribution < 1.29 is 0 Å². The van der Waals surface area contributed by atoms with Crippen LogP contribution in [0.5, 0.6) is 0 Å². The van der Waals surface area contributed by atoms with Gasteiger partial charge in [0.05, 0.1) is 0 Å². The van der Waals surface area contributed by atoms with Gasteiger partial charge in [0.25, 0.3) is 0 Å². The molecule has 0 spiro atoms. The molecular weight excluding hydrogens is 216 g/mol. The van der Waals surface area contributed by atoms with Crippen LogP contribution in [0.25, 0.3) is 0 Å². The molecule has 1 aromatic carbocycles. The van der Waals surface area contributed by atoms with Crippen molar-refractivity contribution in [1.82, 2.24) is 0 Å². The minimum Gasteiger partial charge on any atom is -0.0683 e. The first-order valence-electron chi connectivity index (χ1n) is 7.68. The van der Waals surface area contributed by atoms with Gasteiger partial charge < -0.3 is 0 Å². The zero-order valence-corrected chi connectivity index (χ0v) is 14.1. The van der Waals surface area contributed by atoms with Crippen molar-refractivity contribution in [2.45, 2.75) is 80.6 Å². The highest BCUT2D eigenvalue weighted by molar-refractivity contribution is 5.33. The Bertz CT molecular complexity index is 269. The van der Waals surface area contributed by atoms with Crippen molar-refractivity contribution in [2.24, 2.45) is 0 Å². The van der Waals surface area contributed by atoms with Gasteiger partial charge in [0, 0.05) is 0 Å². The minimum atomic E-state index is 0.638. The maximum Gasteiger partial charge on any atom is -0.0219 e. The summed E-state index contributed by atoms with van der Waals surface area (Å²) < 4.78 is 0. The van der Waals surface area contributed by atoms with Crippen LogP contribution in [-0.4, -0.2) is 0 Å². The summed E-state index contributed by atoms with van der Waals surface area (Å²) in [5.41, 5.74) is 4.43. The van der Waals surface area contributed by atoms with Gasteiger partial charge in [-0.05, 0) is 34.9 Å². The molecular formula is C18H34. The first-order valence-corrected chi connectivity index (χ1v) is 7.68. The first-order chi connectivity index (χ1) is 8.54. The van der Waals surface area contributed by atoms with Gasteiger partial charge in [-0.15, -0.1) is 0 Å². The van der Waals surface area contributed by atoms with Crippen LogP contribution >= 0.6 is 0 Å². The molecule has 0 saturated carbocycles. The van der Waals surface area contributed by atoms with Crippen molar-refractivity contribution in [3.8, 4) is 0 Å². The lowest BCUT2D eigenvalue weighted by Gasteiger charge is -2.13. The first kappa shape index (κ1) is 19.6. The average molecular weight is 250 g/mol. The van der Waals surface area contributed by atoms with Crippen LogP contribution in [0, 0.1) is 0 Å². The van der Waals surface area contributed by atoms with Crippen LogP contribution in [0.15, 0.2) is 18.2 Å². The van der Waals surface area contributed by atoms with Gasteiger partial charge in [-0.3, -0.25) is 0 Å². The second-order valence-corrected chi connectivity index (χ2v) is 4.67. The van der Waals surface area contributed by atoms with Gasteiger partial charge in [-0.25, -0.2) is 0 Å². The smallest absolute Gasteiger partial charge is 0.0219 e. The average Bonchev–Trinajstić information content (AvgIpc) is 2.42. The number of hydrogen-bond donors (Lipinski definition) is 0. The third-order valence-electron chi connectivity index (χ3n) is 2.78. The van der Waals surface area contributed by atoms with Crippen LogP contribution in [0.1, 0.15) is 90.8 Å². The summed E-state index contributed by atoms with van der Waals surface area (Å²) in [4.78, 5) is 0. The molecule has 0 aliphatic rings. The Morgan fingerprint density at radius 1 is 0.722 bits per heavy atom. The number of aryl methyl sites for hydroxylation is 1. The summed E-state index contributed by atoms with van der Waals surface area (Å²) >= 11 is 0. The van der Waals surface area contributed by atoms with Crippen LogP contribution in [0.3, 0.4) is 0 Å². The normalized spacial score (nSPS) is 9.50.